The fourth-order valence-electron chi connectivity index (χ4n) is 10.9. The lowest BCUT2D eigenvalue weighted by molar-refractivity contribution is -0.143. The molecule has 9 atom stereocenters. The highest BCUT2D eigenvalue weighted by molar-refractivity contribution is 5.99. The molecule has 0 radical (unpaired) electrons. The predicted octanol–water partition coefficient (Wildman–Crippen LogP) is -0.722. The van der Waals surface area contributed by atoms with E-state index < -0.39 is 114 Å². The van der Waals surface area contributed by atoms with Gasteiger partial charge in [-0.25, -0.2) is 0 Å². The number of hydrogen-bond acceptors (Lipinski definition) is 15. The van der Waals surface area contributed by atoms with Gasteiger partial charge in [-0.15, -0.1) is 0 Å². The number of allylic oxidation sites excluding steroid dienone is 1. The monoisotopic (exact) mass is 1220 g/mol. The number of guanidine groups is 1. The van der Waals surface area contributed by atoms with Gasteiger partial charge in [0.1, 0.15) is 54.1 Å². The summed E-state index contributed by atoms with van der Waals surface area (Å²) >= 11 is 0. The largest absolute Gasteiger partial charge is 0.394 e. The number of aromatic nitrogens is 1. The van der Waals surface area contributed by atoms with Crippen molar-refractivity contribution in [3.05, 3.63) is 83.7 Å². The van der Waals surface area contributed by atoms with Gasteiger partial charge in [0.15, 0.2) is 11.7 Å². The van der Waals surface area contributed by atoms with Crippen LogP contribution in [-0.4, -0.2) is 173 Å². The second-order valence-electron chi connectivity index (χ2n) is 22.4. The van der Waals surface area contributed by atoms with Crippen molar-refractivity contribution in [3.8, 4) is 0 Å². The zero-order valence-corrected chi connectivity index (χ0v) is 50.0. The van der Waals surface area contributed by atoms with Crippen LogP contribution in [0.2, 0.25) is 0 Å². The number of benzene rings is 2. The van der Waals surface area contributed by atoms with Crippen molar-refractivity contribution >= 4 is 87.8 Å². The zero-order valence-electron chi connectivity index (χ0n) is 50.0. The summed E-state index contributed by atoms with van der Waals surface area (Å²) in [5.41, 5.74) is 19.3. The molecule has 2 aromatic carbocycles. The third-order valence-electron chi connectivity index (χ3n) is 15.6. The van der Waals surface area contributed by atoms with Crippen molar-refractivity contribution in [1.82, 2.24) is 52.4 Å². The first kappa shape index (κ1) is 68.3. The van der Waals surface area contributed by atoms with Gasteiger partial charge in [0.05, 0.1) is 12.6 Å². The highest BCUT2D eigenvalue weighted by Gasteiger charge is 2.41. The maximum absolute atomic E-state index is 15.2. The van der Waals surface area contributed by atoms with Crippen LogP contribution in [0.25, 0.3) is 10.9 Å². The van der Waals surface area contributed by atoms with Gasteiger partial charge in [0.2, 0.25) is 53.2 Å². The summed E-state index contributed by atoms with van der Waals surface area (Å²) < 4.78 is 0. The number of para-hydroxylation sites is 1. The summed E-state index contributed by atoms with van der Waals surface area (Å²) in [5.74, 6) is -7.89. The number of aliphatic hydroxyl groups excluding tert-OH is 1. The van der Waals surface area contributed by atoms with Crippen molar-refractivity contribution in [2.45, 2.75) is 177 Å². The minimum absolute atomic E-state index is 0.0127. The molecule has 3 aromatic rings. The highest BCUT2D eigenvalue weighted by atomic mass is 16.3. The molecule has 2 saturated heterocycles. The number of likely N-dealkylation sites (tertiary alicyclic amines) is 1. The topological polar surface area (TPSA) is 426 Å². The smallest absolute Gasteiger partial charge is 0.245 e. The van der Waals surface area contributed by atoms with Crippen molar-refractivity contribution in [2.24, 2.45) is 27.2 Å². The van der Waals surface area contributed by atoms with E-state index in [1.807, 2.05) is 18.2 Å². The van der Waals surface area contributed by atoms with E-state index in [1.165, 1.54) is 18.7 Å². The predicted molar refractivity (Wildman–Crippen MR) is 327 cm³/mol. The summed E-state index contributed by atoms with van der Waals surface area (Å²) in [7, 11) is 0. The van der Waals surface area contributed by atoms with Crippen LogP contribution in [-0.2, 0) is 65.6 Å². The molecule has 0 bridgehead atoms. The number of nitrogens with one attached hydrogen (secondary N) is 9. The first-order chi connectivity index (χ1) is 42.2. The van der Waals surface area contributed by atoms with E-state index in [0.717, 1.165) is 0 Å². The molecule has 0 saturated carbocycles. The summed E-state index contributed by atoms with van der Waals surface area (Å²) in [5, 5.41) is 32.8. The number of hydrogen-bond donors (Lipinski definition) is 13. The molecule has 3 aliphatic rings. The van der Waals surface area contributed by atoms with Crippen molar-refractivity contribution in [3.63, 3.8) is 0 Å². The molecule has 0 spiro atoms. The molecule has 6 rings (SSSR count). The average molecular weight is 1220 g/mol. The Bertz CT molecular complexity index is 3050. The fourth-order valence-corrected chi connectivity index (χ4v) is 10.9. The number of ketones is 2. The highest BCUT2D eigenvalue weighted by Crippen LogP contribution is 2.23. The lowest BCUT2D eigenvalue weighted by Crippen LogP contribution is -2.61. The van der Waals surface area contributed by atoms with E-state index in [-0.39, 0.29) is 114 Å². The Morgan fingerprint density at radius 3 is 2.08 bits per heavy atom. The maximum atomic E-state index is 15.2. The number of aliphatic imine (C=N–C) groups is 2. The van der Waals surface area contributed by atoms with Gasteiger partial charge >= 0.3 is 0 Å². The Morgan fingerprint density at radius 1 is 0.727 bits per heavy atom. The van der Waals surface area contributed by atoms with Crippen molar-refractivity contribution < 1.29 is 57.8 Å². The van der Waals surface area contributed by atoms with E-state index in [2.05, 4.69) is 57.5 Å². The van der Waals surface area contributed by atoms with Crippen LogP contribution >= 0.6 is 0 Å². The number of rotatable bonds is 22. The Kier molecular flexibility index (Phi) is 26.7. The number of aliphatic hydroxyl groups is 1. The average Bonchev–Trinajstić information content (AvgIpc) is 3.67. The van der Waals surface area contributed by atoms with E-state index in [0.29, 0.717) is 60.0 Å². The first-order valence-corrected chi connectivity index (χ1v) is 30.1. The minimum atomic E-state index is -1.51. The van der Waals surface area contributed by atoms with E-state index in [1.54, 1.807) is 54.9 Å². The van der Waals surface area contributed by atoms with Crippen molar-refractivity contribution in [2.75, 3.05) is 26.2 Å². The maximum Gasteiger partial charge on any atom is 0.245 e. The van der Waals surface area contributed by atoms with E-state index in [4.69, 9.17) is 17.2 Å². The van der Waals surface area contributed by atoms with Crippen LogP contribution in [0.15, 0.2) is 82.6 Å². The number of carbonyl (C=O) groups excluding carboxylic acids is 11. The molecule has 88 heavy (non-hydrogen) atoms. The Balaban J connectivity index is 1.37. The summed E-state index contributed by atoms with van der Waals surface area (Å²) in [4.78, 5) is 168. The van der Waals surface area contributed by atoms with Crippen LogP contribution in [0, 0.1) is 0 Å². The summed E-state index contributed by atoms with van der Waals surface area (Å²) in [6.07, 6.45) is 6.93. The van der Waals surface area contributed by atoms with Gasteiger partial charge in [0.25, 0.3) is 0 Å². The second-order valence-corrected chi connectivity index (χ2v) is 22.4. The first-order valence-electron chi connectivity index (χ1n) is 30.1. The van der Waals surface area contributed by atoms with Crippen LogP contribution in [0.4, 0.5) is 0 Å². The van der Waals surface area contributed by atoms with Gasteiger partial charge in [-0.1, -0.05) is 61.0 Å². The third-order valence-corrected chi connectivity index (χ3v) is 15.6. The molecule has 476 valence electrons. The van der Waals surface area contributed by atoms with Crippen LogP contribution in [0.3, 0.4) is 0 Å². The fraction of sp³-hybridized carbons (Fsp3) is 0.525. The number of H-pyrrole nitrogens is 1. The molecule has 4 heterocycles. The standard InChI is InChI=1S/C61H85N15O12/c1-36(78)43(20-10-11-27-62)69-58(86)51(35-77)75-59(87)52-24-14-30-76(52)60(88)47-26-25-41(80)18-6-8-22-45(68-37(2)79)53(81)74-50(33-40-17-12-28-65-40)57(85)72-48(31-38-15-4-3-5-16-38)55(83)70-46(23-13-29-66-61(63)64)54(82)73-49(56(84)71-47)32-39-34-67-44-21-9-7-19-42(39)44/h3-5,7,9,15-17,19,21,28,34,43,45-52,67,77H,6,8,10-14,18,20,22-27,29-33,35,62H2,1-2H3,(H,68,79)(H,69,86)(H,70,83)(H,71,84)(H,72,85)(H,73,82)(H,74,81)(H,75,87)(H4,63,64,66)/t43-,45-,46-,47-,48+,49-,50-,51-,52-/m0/s1. The lowest BCUT2D eigenvalue weighted by atomic mass is 10.00. The van der Waals surface area contributed by atoms with Gasteiger partial charge in [-0.05, 0) is 94.9 Å². The molecule has 16 N–H and O–H groups in total. The van der Waals surface area contributed by atoms with Crippen molar-refractivity contribution in [1.29, 1.82) is 0 Å². The molecule has 27 nitrogen and oxygen atoms in total. The number of amides is 9. The molecule has 0 aliphatic carbocycles. The van der Waals surface area contributed by atoms with Crippen LogP contribution in [0.1, 0.15) is 121 Å². The zero-order chi connectivity index (χ0) is 63.7. The second kappa shape index (κ2) is 34.5. The molecule has 3 aliphatic heterocycles. The molecular formula is C61H85N15O12. The number of nitrogens with two attached hydrogens (primary N) is 3. The number of fused-ring (bicyclic) bond motifs is 1. The molecular weight excluding hydrogens is 1130 g/mol. The Labute approximate surface area is 510 Å². The number of Topliss-reactive ketones (excluding diaryl/α,β-unsaturated/α-hetero) is 2. The molecule has 1 aromatic heterocycles. The van der Waals surface area contributed by atoms with Gasteiger partial charge in [0, 0.05) is 87.5 Å². The molecule has 0 unspecified atom stereocenters. The number of nitrogens with zero attached hydrogens (tertiary/aromatic N) is 3. The van der Waals surface area contributed by atoms with Crippen LogP contribution < -0.4 is 59.7 Å². The molecule has 27 heteroatoms. The van der Waals surface area contributed by atoms with Gasteiger partial charge < -0.3 is 74.7 Å². The van der Waals surface area contributed by atoms with Gasteiger partial charge in [-0.2, -0.15) is 0 Å². The number of unbranched alkanes of at least 4 members (excludes halogenated alkanes) is 1. The van der Waals surface area contributed by atoms with Gasteiger partial charge in [-0.3, -0.25) is 62.7 Å². The Hall–Kier alpha value is -8.85. The molecule has 9 amide bonds. The quantitative estimate of drug-likeness (QED) is 0.0335. The van der Waals surface area contributed by atoms with Crippen LogP contribution in [0.5, 0.6) is 0 Å². The SMILES string of the molecule is CC(=O)N[C@H]1CCCCC(=O)CC[C@@H](C(=O)N2CCC[C@H]2C(=O)N[C@@H](CO)C(=O)N[C@@H](CCCCN)C(C)=O)NC(=O)[C@H](Cc2c[nH]c3ccccc23)NC(=O)[C@H](CCCN=C(N)N)NC(=O)[C@@H](Cc2ccccc2)NC(=O)[C@H](CC2=CCC=N2)NC1=O. The number of aromatic amines is 1. The summed E-state index contributed by atoms with van der Waals surface area (Å²) in [6.45, 7) is 2.09. The third kappa shape index (κ3) is 20.9. The normalized spacial score (nSPS) is 22.6. The van der Waals surface area contributed by atoms with E-state index >= 15 is 14.4 Å². The summed E-state index contributed by atoms with van der Waals surface area (Å²) in [6, 6.07) is 4.03. The Morgan fingerprint density at radius 2 is 1.40 bits per heavy atom. The lowest BCUT2D eigenvalue weighted by Gasteiger charge is -2.31. The van der Waals surface area contributed by atoms with E-state index in [9.17, 15) is 43.5 Å². The molecule has 2 fully saturated rings. The number of carbonyl (C=O) groups is 11. The minimum Gasteiger partial charge on any atom is -0.394 e.